The van der Waals surface area contributed by atoms with Crippen LogP contribution in [0.15, 0.2) is 23.2 Å². The van der Waals surface area contributed by atoms with Gasteiger partial charge in [-0.25, -0.2) is 4.79 Å². The molecule has 0 aromatic heterocycles. The molecule has 2 heterocycles. The van der Waals surface area contributed by atoms with E-state index in [-0.39, 0.29) is 11.5 Å². The Morgan fingerprint density at radius 1 is 1.31 bits per heavy atom. The third-order valence-corrected chi connectivity index (χ3v) is 5.57. The van der Waals surface area contributed by atoms with Crippen LogP contribution >= 0.6 is 35.8 Å². The number of amides is 1. The Morgan fingerprint density at radius 3 is 2.54 bits per heavy atom. The quantitative estimate of drug-likeness (QED) is 0.669. The van der Waals surface area contributed by atoms with Crippen molar-refractivity contribution in [3.63, 3.8) is 0 Å². The molecule has 5 nitrogen and oxygen atoms in total. The third kappa shape index (κ3) is 4.30. The molecule has 1 saturated heterocycles. The lowest BCUT2D eigenvalue weighted by atomic mass is 9.98. The van der Waals surface area contributed by atoms with Gasteiger partial charge in [0.05, 0.1) is 21.1 Å². The molecule has 1 N–H and O–H groups in total. The molecule has 8 heteroatoms. The smallest absolute Gasteiger partial charge is 0.410 e. The average molecular weight is 416 g/mol. The van der Waals surface area contributed by atoms with Crippen molar-refractivity contribution in [2.75, 3.05) is 13.1 Å². The molecule has 1 aromatic rings. The van der Waals surface area contributed by atoms with Gasteiger partial charge < -0.3 is 9.64 Å². The molecule has 0 bridgehead atoms. The van der Waals surface area contributed by atoms with Gasteiger partial charge in [0.1, 0.15) is 11.3 Å². The molecule has 1 unspecified atom stereocenters. The van der Waals surface area contributed by atoms with Gasteiger partial charge in [-0.1, -0.05) is 29.3 Å². The number of carbonyl (C=O) groups is 1. The second-order valence-electron chi connectivity index (χ2n) is 7.67. The number of nitrogens with one attached hydrogen (secondary N) is 1. The number of piperidine rings is 1. The summed E-state index contributed by atoms with van der Waals surface area (Å²) < 4.78 is 5.45. The molecular formula is C18H23Cl2N3O2S. The number of halogens is 2. The molecule has 0 aliphatic carbocycles. The van der Waals surface area contributed by atoms with Crippen LogP contribution in [0.1, 0.15) is 39.2 Å². The van der Waals surface area contributed by atoms with Crippen molar-refractivity contribution < 1.29 is 9.53 Å². The molecule has 1 fully saturated rings. The minimum absolute atomic E-state index is 0.194. The van der Waals surface area contributed by atoms with Crippen molar-refractivity contribution in [2.24, 2.45) is 4.99 Å². The van der Waals surface area contributed by atoms with E-state index in [1.807, 2.05) is 32.9 Å². The van der Waals surface area contributed by atoms with Crippen molar-refractivity contribution in [2.45, 2.75) is 50.3 Å². The predicted octanol–water partition coefficient (Wildman–Crippen LogP) is 4.37. The van der Waals surface area contributed by atoms with Gasteiger partial charge in [-0.15, -0.1) is 0 Å². The number of rotatable bonds is 1. The molecule has 1 aromatic carbocycles. The van der Waals surface area contributed by atoms with Crippen LogP contribution in [0.5, 0.6) is 0 Å². The van der Waals surface area contributed by atoms with Gasteiger partial charge in [-0.3, -0.25) is 10.3 Å². The van der Waals surface area contributed by atoms with E-state index in [4.69, 9.17) is 32.9 Å². The number of thiol groups is 1. The number of hydrogen-bond donors (Lipinski definition) is 2. The number of aliphatic imine (C=N–C) groups is 1. The van der Waals surface area contributed by atoms with Crippen LogP contribution < -0.4 is 5.32 Å². The molecule has 26 heavy (non-hydrogen) atoms. The second-order valence-corrected chi connectivity index (χ2v) is 9.00. The Labute approximate surface area is 169 Å². The number of nitrogens with zero attached hydrogens (tertiary/aromatic N) is 2. The Morgan fingerprint density at radius 2 is 1.96 bits per heavy atom. The van der Waals surface area contributed by atoms with Gasteiger partial charge in [-0.2, -0.15) is 12.6 Å². The molecule has 0 radical (unpaired) electrons. The fourth-order valence-electron chi connectivity index (χ4n) is 3.17. The number of hydrogen-bond acceptors (Lipinski definition) is 5. The summed E-state index contributed by atoms with van der Waals surface area (Å²) in [6.45, 7) is 6.78. The summed E-state index contributed by atoms with van der Waals surface area (Å²) >= 11 is 16.8. The Kier molecular flexibility index (Phi) is 5.50. The van der Waals surface area contributed by atoms with E-state index in [1.165, 1.54) is 0 Å². The van der Waals surface area contributed by atoms with Gasteiger partial charge in [0.15, 0.2) is 0 Å². The lowest BCUT2D eigenvalue weighted by Crippen LogP contribution is -2.53. The first-order chi connectivity index (χ1) is 12.1. The maximum atomic E-state index is 12.2. The van der Waals surface area contributed by atoms with Crippen molar-refractivity contribution in [3.8, 4) is 0 Å². The fourth-order valence-corrected chi connectivity index (χ4v) is 3.91. The first-order valence-electron chi connectivity index (χ1n) is 8.57. The van der Waals surface area contributed by atoms with Crippen molar-refractivity contribution in [3.05, 3.63) is 33.8 Å². The number of carbonyl (C=O) groups excluding carboxylic acids is 1. The lowest BCUT2D eigenvalue weighted by Gasteiger charge is -2.38. The number of likely N-dealkylation sites (tertiary alicyclic amines) is 1. The minimum Gasteiger partial charge on any atom is -0.444 e. The summed E-state index contributed by atoms with van der Waals surface area (Å²) in [6.07, 6.45) is 1.13. The van der Waals surface area contributed by atoms with Crippen LogP contribution in [0, 0.1) is 0 Å². The summed E-state index contributed by atoms with van der Waals surface area (Å²) in [7, 11) is 0. The number of benzene rings is 1. The molecule has 1 amide bonds. The monoisotopic (exact) mass is 415 g/mol. The SMILES string of the molecule is CC(C)(C)OC(=O)N1CCC2(CC1)N=C(c1ccc(Cl)c(Cl)c1)C(S)N2. The van der Waals surface area contributed by atoms with Gasteiger partial charge >= 0.3 is 6.09 Å². The molecule has 2 aliphatic rings. The first kappa shape index (κ1) is 19.8. The van der Waals surface area contributed by atoms with Crippen molar-refractivity contribution >= 4 is 47.6 Å². The molecule has 2 aliphatic heterocycles. The summed E-state index contributed by atoms with van der Waals surface area (Å²) in [5, 5.41) is 4.28. The van der Waals surface area contributed by atoms with Gasteiger partial charge in [0.2, 0.25) is 0 Å². The standard InChI is InChI=1S/C18H23Cl2N3O2S/c1-17(2,3)25-16(24)23-8-6-18(7-9-23)21-14(15(26)22-18)11-4-5-12(19)13(20)10-11/h4-5,10,15,22,26H,6-9H2,1-3H3. The molecule has 1 atom stereocenters. The lowest BCUT2D eigenvalue weighted by molar-refractivity contribution is 0.0159. The van der Waals surface area contributed by atoms with Crippen molar-refractivity contribution in [1.82, 2.24) is 10.2 Å². The van der Waals surface area contributed by atoms with E-state index in [0.29, 0.717) is 36.0 Å². The zero-order valence-electron chi connectivity index (χ0n) is 15.1. The zero-order chi connectivity index (χ0) is 19.1. The Hall–Kier alpha value is -0.950. The van der Waals surface area contributed by atoms with Gasteiger partial charge in [0, 0.05) is 25.9 Å². The van der Waals surface area contributed by atoms with Crippen LogP contribution in [0.2, 0.25) is 10.0 Å². The van der Waals surface area contributed by atoms with E-state index in [2.05, 4.69) is 17.9 Å². The van der Waals surface area contributed by atoms with Gasteiger partial charge in [-0.05, 0) is 38.5 Å². The molecular weight excluding hydrogens is 393 g/mol. The van der Waals surface area contributed by atoms with Crippen LogP contribution in [-0.2, 0) is 4.74 Å². The normalized spacial score (nSPS) is 22.5. The zero-order valence-corrected chi connectivity index (χ0v) is 17.5. The van der Waals surface area contributed by atoms with Crippen LogP contribution in [0.3, 0.4) is 0 Å². The van der Waals surface area contributed by atoms with Crippen LogP contribution in [0.4, 0.5) is 4.79 Å². The van der Waals surface area contributed by atoms with Gasteiger partial charge in [0.25, 0.3) is 0 Å². The Balaban J connectivity index is 1.72. The summed E-state index contributed by atoms with van der Waals surface area (Å²) in [5.74, 6) is 0. The highest BCUT2D eigenvalue weighted by Crippen LogP contribution is 2.33. The first-order valence-corrected chi connectivity index (χ1v) is 9.85. The highest BCUT2D eigenvalue weighted by Gasteiger charge is 2.43. The van der Waals surface area contributed by atoms with E-state index in [0.717, 1.165) is 11.3 Å². The van der Waals surface area contributed by atoms with E-state index in [9.17, 15) is 4.79 Å². The third-order valence-electron chi connectivity index (χ3n) is 4.46. The molecule has 1 spiro atoms. The topological polar surface area (TPSA) is 53.9 Å². The summed E-state index contributed by atoms with van der Waals surface area (Å²) in [4.78, 5) is 18.9. The van der Waals surface area contributed by atoms with Crippen LogP contribution in [0.25, 0.3) is 0 Å². The van der Waals surface area contributed by atoms with E-state index in [1.54, 1.807) is 11.0 Å². The van der Waals surface area contributed by atoms with E-state index < -0.39 is 11.3 Å². The van der Waals surface area contributed by atoms with Crippen LogP contribution in [-0.4, -0.2) is 46.4 Å². The predicted molar refractivity (Wildman–Crippen MR) is 109 cm³/mol. The number of ether oxygens (including phenoxy) is 1. The summed E-state index contributed by atoms with van der Waals surface area (Å²) in [6, 6.07) is 5.47. The molecule has 0 saturated carbocycles. The highest BCUT2D eigenvalue weighted by atomic mass is 35.5. The highest BCUT2D eigenvalue weighted by molar-refractivity contribution is 7.81. The fraction of sp³-hybridized carbons (Fsp3) is 0.556. The largest absolute Gasteiger partial charge is 0.444 e. The average Bonchev–Trinajstić information content (AvgIpc) is 2.85. The summed E-state index contributed by atoms with van der Waals surface area (Å²) in [5.41, 5.74) is 0.843. The Bertz CT molecular complexity index is 740. The second kappa shape index (κ2) is 7.23. The molecule has 3 rings (SSSR count). The maximum Gasteiger partial charge on any atom is 0.410 e. The maximum absolute atomic E-state index is 12.2. The van der Waals surface area contributed by atoms with Crippen molar-refractivity contribution in [1.29, 1.82) is 0 Å². The van der Waals surface area contributed by atoms with E-state index >= 15 is 0 Å². The minimum atomic E-state index is -0.493. The molecule has 142 valence electrons.